The molecule has 1 aromatic carbocycles. The number of aromatic nitrogens is 3. The molecule has 3 rings (SSSR count). The molecule has 2 aromatic heterocycles. The monoisotopic (exact) mass is 328 g/mol. The number of anilines is 1. The number of carbonyl (C=O) groups is 1. The van der Waals surface area contributed by atoms with Crippen LogP contribution in [0.15, 0.2) is 24.5 Å². The van der Waals surface area contributed by atoms with Crippen LogP contribution in [0, 0.1) is 0 Å². The summed E-state index contributed by atoms with van der Waals surface area (Å²) in [6.45, 7) is 2.55. The Bertz CT molecular complexity index is 888. The van der Waals surface area contributed by atoms with E-state index in [0.29, 0.717) is 29.2 Å². The second-order valence-electron chi connectivity index (χ2n) is 5.50. The molecule has 0 radical (unpaired) electrons. The Kier molecular flexibility index (Phi) is 4.50. The highest BCUT2D eigenvalue weighted by molar-refractivity contribution is 6.12. The summed E-state index contributed by atoms with van der Waals surface area (Å²) < 4.78 is 12.4. The average Bonchev–Trinajstić information content (AvgIpc) is 2.89. The zero-order valence-corrected chi connectivity index (χ0v) is 13.8. The molecule has 0 unspecified atom stereocenters. The van der Waals surface area contributed by atoms with E-state index in [1.807, 2.05) is 25.1 Å². The van der Waals surface area contributed by atoms with Crippen molar-refractivity contribution < 1.29 is 14.3 Å². The molecule has 0 amide bonds. The predicted molar refractivity (Wildman–Crippen MR) is 91.9 cm³/mol. The molecule has 2 heterocycles. The summed E-state index contributed by atoms with van der Waals surface area (Å²) in [6.07, 6.45) is 3.23. The van der Waals surface area contributed by atoms with E-state index >= 15 is 0 Å². The number of benzene rings is 1. The van der Waals surface area contributed by atoms with E-state index in [9.17, 15) is 4.79 Å². The van der Waals surface area contributed by atoms with Crippen LogP contribution in [0.25, 0.3) is 21.9 Å². The predicted octanol–water partition coefficient (Wildman–Crippen LogP) is 2.52. The molecule has 0 atom stereocenters. The van der Waals surface area contributed by atoms with Crippen molar-refractivity contribution in [1.82, 2.24) is 14.5 Å². The van der Waals surface area contributed by atoms with Gasteiger partial charge in [-0.2, -0.15) is 0 Å². The summed E-state index contributed by atoms with van der Waals surface area (Å²) in [6, 6.07) is 5.59. The second-order valence-corrected chi connectivity index (χ2v) is 5.50. The van der Waals surface area contributed by atoms with E-state index in [1.54, 1.807) is 11.7 Å². The number of ether oxygens (including phenoxy) is 2. The number of methoxy groups -OCH3 is 1. The number of hydrogen-bond donors (Lipinski definition) is 1. The van der Waals surface area contributed by atoms with Gasteiger partial charge in [0.05, 0.1) is 24.6 Å². The molecular formula is C17H20N4O3. The van der Waals surface area contributed by atoms with Crippen LogP contribution in [0.4, 0.5) is 5.82 Å². The SMILES string of the molecule is CCCCOC(=O)Cn1c2ccc(OC)cc2c2c(N)ncnc21. The van der Waals surface area contributed by atoms with Crippen molar-refractivity contribution in [2.24, 2.45) is 0 Å². The van der Waals surface area contributed by atoms with Gasteiger partial charge >= 0.3 is 5.97 Å². The van der Waals surface area contributed by atoms with Crippen molar-refractivity contribution in [3.05, 3.63) is 24.5 Å². The molecule has 0 saturated heterocycles. The minimum Gasteiger partial charge on any atom is -0.497 e. The number of rotatable bonds is 6. The standard InChI is InChI=1S/C17H20N4O3/c1-3-4-7-24-14(22)9-21-13-6-5-11(23-2)8-12(13)15-16(18)19-10-20-17(15)21/h5-6,8,10H,3-4,7,9H2,1-2H3,(H2,18,19,20). The van der Waals surface area contributed by atoms with Crippen LogP contribution in [0.3, 0.4) is 0 Å². The van der Waals surface area contributed by atoms with Crippen LogP contribution in [0.1, 0.15) is 19.8 Å². The van der Waals surface area contributed by atoms with E-state index < -0.39 is 0 Å². The lowest BCUT2D eigenvalue weighted by Crippen LogP contribution is -2.14. The lowest BCUT2D eigenvalue weighted by Gasteiger charge is -2.07. The van der Waals surface area contributed by atoms with Gasteiger partial charge in [-0.3, -0.25) is 4.79 Å². The van der Waals surface area contributed by atoms with Crippen LogP contribution in [0.2, 0.25) is 0 Å². The van der Waals surface area contributed by atoms with Gasteiger partial charge in [-0.25, -0.2) is 9.97 Å². The van der Waals surface area contributed by atoms with Gasteiger partial charge in [0, 0.05) is 5.39 Å². The van der Waals surface area contributed by atoms with Crippen molar-refractivity contribution in [2.75, 3.05) is 19.5 Å². The quantitative estimate of drug-likeness (QED) is 0.552. The second kappa shape index (κ2) is 6.74. The molecule has 7 heteroatoms. The van der Waals surface area contributed by atoms with Gasteiger partial charge in [-0.05, 0) is 24.6 Å². The summed E-state index contributed by atoms with van der Waals surface area (Å²) in [5.41, 5.74) is 7.48. The molecule has 0 bridgehead atoms. The van der Waals surface area contributed by atoms with Crippen molar-refractivity contribution in [3.63, 3.8) is 0 Å². The average molecular weight is 328 g/mol. The third-order valence-electron chi connectivity index (χ3n) is 3.92. The number of hydrogen-bond acceptors (Lipinski definition) is 6. The van der Waals surface area contributed by atoms with Gasteiger partial charge in [0.1, 0.15) is 30.1 Å². The van der Waals surface area contributed by atoms with Gasteiger partial charge in [0.2, 0.25) is 0 Å². The molecule has 0 aliphatic rings. The molecule has 0 saturated carbocycles. The molecule has 0 aliphatic heterocycles. The zero-order chi connectivity index (χ0) is 17.1. The number of nitrogens with zero attached hydrogens (tertiary/aromatic N) is 3. The normalized spacial score (nSPS) is 11.1. The highest BCUT2D eigenvalue weighted by Crippen LogP contribution is 2.33. The van der Waals surface area contributed by atoms with Crippen LogP contribution in [0.5, 0.6) is 5.75 Å². The molecule has 2 N–H and O–H groups in total. The van der Waals surface area contributed by atoms with E-state index in [2.05, 4.69) is 9.97 Å². The fourth-order valence-electron chi connectivity index (χ4n) is 2.71. The van der Waals surface area contributed by atoms with Gasteiger partial charge < -0.3 is 19.8 Å². The minimum absolute atomic E-state index is 0.0759. The number of esters is 1. The third-order valence-corrected chi connectivity index (χ3v) is 3.92. The minimum atomic E-state index is -0.296. The smallest absolute Gasteiger partial charge is 0.326 e. The first kappa shape index (κ1) is 16.0. The van der Waals surface area contributed by atoms with E-state index in [-0.39, 0.29) is 12.5 Å². The van der Waals surface area contributed by atoms with Crippen molar-refractivity contribution >= 4 is 33.7 Å². The Labute approximate surface area is 139 Å². The van der Waals surface area contributed by atoms with E-state index in [4.69, 9.17) is 15.2 Å². The van der Waals surface area contributed by atoms with Crippen LogP contribution >= 0.6 is 0 Å². The molecular weight excluding hydrogens is 308 g/mol. The fourth-order valence-corrected chi connectivity index (χ4v) is 2.71. The largest absolute Gasteiger partial charge is 0.497 e. The van der Waals surface area contributed by atoms with Crippen LogP contribution < -0.4 is 10.5 Å². The van der Waals surface area contributed by atoms with Gasteiger partial charge in [0.15, 0.2) is 0 Å². The first-order valence-electron chi connectivity index (χ1n) is 7.87. The van der Waals surface area contributed by atoms with Gasteiger partial charge in [-0.15, -0.1) is 0 Å². The number of unbranched alkanes of at least 4 members (excludes halogenated alkanes) is 1. The molecule has 7 nitrogen and oxygen atoms in total. The maximum atomic E-state index is 12.1. The summed E-state index contributed by atoms with van der Waals surface area (Å²) in [7, 11) is 1.60. The fraction of sp³-hybridized carbons (Fsp3) is 0.353. The Hall–Kier alpha value is -2.83. The van der Waals surface area contributed by atoms with Gasteiger partial charge in [0.25, 0.3) is 0 Å². The number of nitrogen functional groups attached to an aromatic ring is 1. The lowest BCUT2D eigenvalue weighted by atomic mass is 10.2. The lowest BCUT2D eigenvalue weighted by molar-refractivity contribution is -0.144. The Balaban J connectivity index is 2.08. The highest BCUT2D eigenvalue weighted by Gasteiger charge is 2.18. The molecule has 126 valence electrons. The summed E-state index contributed by atoms with van der Waals surface area (Å²) in [4.78, 5) is 20.5. The topological polar surface area (TPSA) is 92.3 Å². The van der Waals surface area contributed by atoms with Crippen molar-refractivity contribution in [3.8, 4) is 5.75 Å². The van der Waals surface area contributed by atoms with Gasteiger partial charge in [-0.1, -0.05) is 13.3 Å². The Morgan fingerprint density at radius 2 is 2.17 bits per heavy atom. The van der Waals surface area contributed by atoms with E-state index in [1.165, 1.54) is 6.33 Å². The first-order chi connectivity index (χ1) is 11.7. The molecule has 0 aliphatic carbocycles. The zero-order valence-electron chi connectivity index (χ0n) is 13.8. The summed E-state index contributed by atoms with van der Waals surface area (Å²) >= 11 is 0. The Morgan fingerprint density at radius 1 is 1.33 bits per heavy atom. The van der Waals surface area contributed by atoms with Crippen molar-refractivity contribution in [2.45, 2.75) is 26.3 Å². The summed E-state index contributed by atoms with van der Waals surface area (Å²) in [5.74, 6) is 0.780. The van der Waals surface area contributed by atoms with Crippen molar-refractivity contribution in [1.29, 1.82) is 0 Å². The number of fused-ring (bicyclic) bond motifs is 3. The van der Waals surface area contributed by atoms with Crippen LogP contribution in [-0.4, -0.2) is 34.2 Å². The molecule has 0 fully saturated rings. The first-order valence-corrected chi connectivity index (χ1v) is 7.87. The van der Waals surface area contributed by atoms with Crippen LogP contribution in [-0.2, 0) is 16.1 Å². The Morgan fingerprint density at radius 3 is 2.92 bits per heavy atom. The molecule has 24 heavy (non-hydrogen) atoms. The third kappa shape index (κ3) is 2.84. The number of nitrogens with two attached hydrogens (primary N) is 1. The van der Waals surface area contributed by atoms with E-state index in [0.717, 1.165) is 23.7 Å². The molecule has 3 aromatic rings. The molecule has 0 spiro atoms. The summed E-state index contributed by atoms with van der Waals surface area (Å²) in [5, 5.41) is 1.57. The number of carbonyl (C=O) groups excluding carboxylic acids is 1. The highest BCUT2D eigenvalue weighted by atomic mass is 16.5. The maximum Gasteiger partial charge on any atom is 0.326 e. The maximum absolute atomic E-state index is 12.1.